The van der Waals surface area contributed by atoms with Gasteiger partial charge in [-0.3, -0.25) is 4.90 Å². The van der Waals surface area contributed by atoms with Crippen LogP contribution < -0.4 is 14.4 Å². The molecule has 0 unspecified atom stereocenters. The maximum atomic E-state index is 13.3. The number of H-pyrrole nitrogens is 1. The number of alkyl halides is 2. The van der Waals surface area contributed by atoms with Crippen LogP contribution in [0.3, 0.4) is 0 Å². The summed E-state index contributed by atoms with van der Waals surface area (Å²) < 4.78 is 36.1. The molecule has 1 fully saturated rings. The number of carbonyl (C=O) groups excluding carboxylic acids is 1. The van der Waals surface area contributed by atoms with Crippen LogP contribution in [0.25, 0.3) is 10.9 Å². The summed E-state index contributed by atoms with van der Waals surface area (Å²) in [6, 6.07) is 12.6. The summed E-state index contributed by atoms with van der Waals surface area (Å²) in [5, 5.41) is 1.10. The Hall–Kier alpha value is -3.29. The molecule has 0 aliphatic carbocycles. The van der Waals surface area contributed by atoms with E-state index in [0.29, 0.717) is 31.9 Å². The van der Waals surface area contributed by atoms with E-state index in [-0.39, 0.29) is 17.5 Å². The van der Waals surface area contributed by atoms with E-state index in [2.05, 4.69) is 16.6 Å². The molecule has 0 spiro atoms. The predicted octanol–water partition coefficient (Wildman–Crippen LogP) is 6.17. The molecule has 3 aromatic rings. The number of ether oxygens (including phenoxy) is 2. The average molecular weight is 458 g/mol. The van der Waals surface area contributed by atoms with Crippen LogP contribution in [-0.2, 0) is 6.54 Å². The van der Waals surface area contributed by atoms with Gasteiger partial charge in [0.2, 0.25) is 0 Å². The molecule has 8 heteroatoms. The van der Waals surface area contributed by atoms with E-state index in [9.17, 15) is 13.6 Å². The molecule has 1 aliphatic rings. The summed E-state index contributed by atoms with van der Waals surface area (Å²) >= 11 is 0. The molecule has 1 aromatic heterocycles. The van der Waals surface area contributed by atoms with Crippen molar-refractivity contribution in [3.05, 3.63) is 54.2 Å². The second-order valence-corrected chi connectivity index (χ2v) is 8.13. The summed E-state index contributed by atoms with van der Waals surface area (Å²) in [7, 11) is 0. The number of nitrogens with zero attached hydrogens (tertiary/aromatic N) is 2. The number of benzene rings is 2. The van der Waals surface area contributed by atoms with Crippen LogP contribution in [0.5, 0.6) is 11.5 Å². The Morgan fingerprint density at radius 2 is 1.97 bits per heavy atom. The lowest BCUT2D eigenvalue weighted by molar-refractivity contribution is -0.0515. The van der Waals surface area contributed by atoms with Gasteiger partial charge in [0, 0.05) is 48.5 Å². The molecule has 1 aliphatic heterocycles. The van der Waals surface area contributed by atoms with Crippen molar-refractivity contribution in [1.29, 1.82) is 0 Å². The van der Waals surface area contributed by atoms with E-state index < -0.39 is 6.61 Å². The van der Waals surface area contributed by atoms with Crippen molar-refractivity contribution in [2.24, 2.45) is 0 Å². The van der Waals surface area contributed by atoms with Crippen molar-refractivity contribution in [3.8, 4) is 11.5 Å². The molecular weight excluding hydrogens is 428 g/mol. The number of halogens is 2. The lowest BCUT2D eigenvalue weighted by atomic mass is 10.1. The van der Waals surface area contributed by atoms with Gasteiger partial charge in [-0.15, -0.1) is 0 Å². The number of aromatic amines is 1. The Balaban J connectivity index is 1.53. The number of carbonyl (C=O) groups is 1. The van der Waals surface area contributed by atoms with Crippen LogP contribution in [0.4, 0.5) is 19.3 Å². The Morgan fingerprint density at radius 1 is 1.09 bits per heavy atom. The third-order valence-corrected chi connectivity index (χ3v) is 5.82. The normalized spacial score (nSPS) is 14.4. The number of amides is 2. The van der Waals surface area contributed by atoms with Crippen molar-refractivity contribution >= 4 is 22.6 Å². The third-order valence-electron chi connectivity index (χ3n) is 5.82. The monoisotopic (exact) mass is 457 g/mol. The summed E-state index contributed by atoms with van der Waals surface area (Å²) in [6.45, 7) is 1.24. The molecule has 33 heavy (non-hydrogen) atoms. The van der Waals surface area contributed by atoms with Crippen LogP contribution in [0.2, 0.25) is 0 Å². The van der Waals surface area contributed by atoms with E-state index in [0.717, 1.165) is 42.1 Å². The molecule has 0 saturated carbocycles. The summed E-state index contributed by atoms with van der Waals surface area (Å²) in [5.74, 6) is 0.205. The number of nitrogens with one attached hydrogen (secondary N) is 1. The van der Waals surface area contributed by atoms with E-state index in [4.69, 9.17) is 4.74 Å². The van der Waals surface area contributed by atoms with Gasteiger partial charge < -0.3 is 19.4 Å². The lowest BCUT2D eigenvalue weighted by Gasteiger charge is -2.36. The maximum Gasteiger partial charge on any atom is 0.387 e. The lowest BCUT2D eigenvalue weighted by Crippen LogP contribution is -2.49. The summed E-state index contributed by atoms with van der Waals surface area (Å²) in [5.41, 5.74) is 2.72. The largest absolute Gasteiger partial charge is 0.490 e. The van der Waals surface area contributed by atoms with E-state index in [1.54, 1.807) is 17.0 Å². The maximum absolute atomic E-state index is 13.3. The van der Waals surface area contributed by atoms with Gasteiger partial charge in [-0.2, -0.15) is 8.78 Å². The van der Waals surface area contributed by atoms with Crippen molar-refractivity contribution in [2.45, 2.75) is 45.8 Å². The topological polar surface area (TPSA) is 57.8 Å². The number of urea groups is 1. The van der Waals surface area contributed by atoms with Crippen molar-refractivity contribution in [3.63, 3.8) is 0 Å². The standard InChI is InChI=1S/C25H29F2N3O3/c1-2-3-4-15-32-23-16-19(9-10-22(23)33-24(26)27)30-14-6-13-29(25(30)31)17-18-7-5-8-21-20(18)11-12-28-21/h5,7-12,16,24,28H,2-4,6,13-15,17H2,1H3. The highest BCUT2D eigenvalue weighted by Gasteiger charge is 2.28. The molecule has 2 heterocycles. The van der Waals surface area contributed by atoms with Gasteiger partial charge in [-0.25, -0.2) is 4.79 Å². The first-order chi connectivity index (χ1) is 16.1. The first-order valence-corrected chi connectivity index (χ1v) is 11.4. The quantitative estimate of drug-likeness (QED) is 0.370. The number of hydrogen-bond donors (Lipinski definition) is 1. The highest BCUT2D eigenvalue weighted by atomic mass is 19.3. The number of anilines is 1. The van der Waals surface area contributed by atoms with Gasteiger partial charge in [0.1, 0.15) is 0 Å². The minimum Gasteiger partial charge on any atom is -0.490 e. The predicted molar refractivity (Wildman–Crippen MR) is 124 cm³/mol. The SMILES string of the molecule is CCCCCOc1cc(N2CCCN(Cc3cccc4[nH]ccc34)C2=O)ccc1OC(F)F. The van der Waals surface area contributed by atoms with Crippen molar-refractivity contribution in [2.75, 3.05) is 24.6 Å². The zero-order chi connectivity index (χ0) is 23.2. The Labute approximate surface area is 192 Å². The zero-order valence-electron chi connectivity index (χ0n) is 18.7. The second-order valence-electron chi connectivity index (χ2n) is 8.13. The number of aromatic nitrogens is 1. The summed E-state index contributed by atoms with van der Waals surface area (Å²) in [4.78, 5) is 20.0. The first kappa shape index (κ1) is 22.9. The number of rotatable bonds is 10. The first-order valence-electron chi connectivity index (χ1n) is 11.4. The van der Waals surface area contributed by atoms with E-state index in [1.807, 2.05) is 35.4 Å². The van der Waals surface area contributed by atoms with Crippen LogP contribution in [0, 0.1) is 0 Å². The van der Waals surface area contributed by atoms with Crippen LogP contribution in [0.15, 0.2) is 48.7 Å². The third kappa shape index (κ3) is 5.38. The fraction of sp³-hybridized carbons (Fsp3) is 0.400. The second kappa shape index (κ2) is 10.6. The van der Waals surface area contributed by atoms with E-state index >= 15 is 0 Å². The molecule has 176 valence electrons. The highest BCUT2D eigenvalue weighted by Crippen LogP contribution is 2.35. The van der Waals surface area contributed by atoms with Gasteiger partial charge in [0.25, 0.3) is 0 Å². The zero-order valence-corrected chi connectivity index (χ0v) is 18.7. The fourth-order valence-corrected chi connectivity index (χ4v) is 4.17. The molecule has 4 rings (SSSR count). The van der Waals surface area contributed by atoms with Gasteiger partial charge in [-0.05, 0) is 42.7 Å². The van der Waals surface area contributed by atoms with Crippen LogP contribution in [-0.4, -0.2) is 42.2 Å². The minimum atomic E-state index is -2.95. The van der Waals surface area contributed by atoms with Crippen molar-refractivity contribution < 1.29 is 23.0 Å². The Morgan fingerprint density at radius 3 is 2.79 bits per heavy atom. The molecule has 2 aromatic carbocycles. The minimum absolute atomic E-state index is 0.0225. The van der Waals surface area contributed by atoms with Crippen LogP contribution in [0.1, 0.15) is 38.2 Å². The molecule has 6 nitrogen and oxygen atoms in total. The van der Waals surface area contributed by atoms with Gasteiger partial charge in [0.05, 0.1) is 6.61 Å². The van der Waals surface area contributed by atoms with Gasteiger partial charge >= 0.3 is 12.6 Å². The molecule has 0 bridgehead atoms. The Bertz CT molecular complexity index is 1090. The van der Waals surface area contributed by atoms with E-state index in [1.165, 1.54) is 6.07 Å². The summed E-state index contributed by atoms with van der Waals surface area (Å²) in [6.07, 6.45) is 5.52. The molecule has 1 N–H and O–H groups in total. The molecule has 0 atom stereocenters. The Kier molecular flexibility index (Phi) is 7.32. The molecule has 1 saturated heterocycles. The number of hydrogen-bond acceptors (Lipinski definition) is 3. The van der Waals surface area contributed by atoms with Gasteiger partial charge in [-0.1, -0.05) is 31.9 Å². The van der Waals surface area contributed by atoms with Crippen molar-refractivity contribution in [1.82, 2.24) is 9.88 Å². The fourth-order valence-electron chi connectivity index (χ4n) is 4.17. The smallest absolute Gasteiger partial charge is 0.387 e. The van der Waals surface area contributed by atoms with Gasteiger partial charge in [0.15, 0.2) is 11.5 Å². The highest BCUT2D eigenvalue weighted by molar-refractivity contribution is 5.93. The molecule has 0 radical (unpaired) electrons. The number of fused-ring (bicyclic) bond motifs is 1. The molecule has 2 amide bonds. The average Bonchev–Trinajstić information content (AvgIpc) is 3.29. The van der Waals surface area contributed by atoms with Crippen LogP contribution >= 0.6 is 0 Å². The molecular formula is C25H29F2N3O3. The number of unbranched alkanes of at least 4 members (excludes halogenated alkanes) is 2.